The monoisotopic (exact) mass is 266 g/mol. The standard InChI is InChI=1S/C12H14N2OS2/c13-11(16)7-3-4-8-14-12(15)9-5-1-2-6-10(9)17-14/h1-2,5-6H,3-4,7-8H2,(H2,13,16). The minimum atomic E-state index is 0.112. The van der Waals surface area contributed by atoms with Gasteiger partial charge in [-0.3, -0.25) is 8.75 Å². The molecular formula is C12H14N2OS2. The third-order valence-corrected chi connectivity index (χ3v) is 3.91. The number of hydrogen-bond acceptors (Lipinski definition) is 3. The fourth-order valence-electron chi connectivity index (χ4n) is 1.72. The van der Waals surface area contributed by atoms with Gasteiger partial charge in [0.1, 0.15) is 0 Å². The molecular weight excluding hydrogens is 252 g/mol. The van der Waals surface area contributed by atoms with E-state index in [1.807, 2.05) is 28.2 Å². The highest BCUT2D eigenvalue weighted by Crippen LogP contribution is 2.16. The zero-order valence-corrected chi connectivity index (χ0v) is 11.0. The fourth-order valence-corrected chi connectivity index (χ4v) is 2.90. The number of thiocarbonyl (C=S) groups is 1. The maximum Gasteiger partial charge on any atom is 0.268 e. The van der Waals surface area contributed by atoms with Gasteiger partial charge >= 0.3 is 0 Å². The Kier molecular flexibility index (Phi) is 3.91. The zero-order valence-electron chi connectivity index (χ0n) is 9.39. The zero-order chi connectivity index (χ0) is 12.3. The lowest BCUT2D eigenvalue weighted by Crippen LogP contribution is -2.13. The number of fused-ring (bicyclic) bond motifs is 1. The number of rotatable bonds is 5. The molecule has 5 heteroatoms. The van der Waals surface area contributed by atoms with Crippen molar-refractivity contribution >= 4 is 38.8 Å². The average Bonchev–Trinajstić information content (AvgIpc) is 2.63. The van der Waals surface area contributed by atoms with Gasteiger partial charge in [0.25, 0.3) is 5.56 Å². The Labute approximate surface area is 109 Å². The van der Waals surface area contributed by atoms with Crippen LogP contribution in [0.2, 0.25) is 0 Å². The van der Waals surface area contributed by atoms with E-state index in [4.69, 9.17) is 18.0 Å². The highest BCUT2D eigenvalue weighted by molar-refractivity contribution is 7.80. The van der Waals surface area contributed by atoms with Crippen LogP contribution in [0.4, 0.5) is 0 Å². The summed E-state index contributed by atoms with van der Waals surface area (Å²) in [6, 6.07) is 7.70. The van der Waals surface area contributed by atoms with Crippen LogP contribution in [0.5, 0.6) is 0 Å². The van der Waals surface area contributed by atoms with Crippen LogP contribution < -0.4 is 11.3 Å². The van der Waals surface area contributed by atoms with Crippen molar-refractivity contribution in [1.82, 2.24) is 3.96 Å². The molecule has 0 amide bonds. The first-order valence-electron chi connectivity index (χ1n) is 5.55. The number of aromatic nitrogens is 1. The van der Waals surface area contributed by atoms with Crippen LogP contribution in [-0.2, 0) is 6.54 Å². The summed E-state index contributed by atoms with van der Waals surface area (Å²) in [5, 5.41) is 0.812. The smallest absolute Gasteiger partial charge is 0.268 e. The molecule has 0 aliphatic rings. The summed E-state index contributed by atoms with van der Waals surface area (Å²) in [5.41, 5.74) is 5.54. The van der Waals surface area contributed by atoms with E-state index in [1.54, 1.807) is 0 Å². The van der Waals surface area contributed by atoms with E-state index in [9.17, 15) is 4.79 Å². The van der Waals surface area contributed by atoms with Crippen LogP contribution in [-0.4, -0.2) is 8.95 Å². The van der Waals surface area contributed by atoms with Gasteiger partial charge in [-0.15, -0.1) is 0 Å². The summed E-state index contributed by atoms with van der Waals surface area (Å²) in [7, 11) is 0. The molecule has 17 heavy (non-hydrogen) atoms. The molecule has 0 radical (unpaired) electrons. The van der Waals surface area contributed by atoms with Crippen LogP contribution in [0.3, 0.4) is 0 Å². The average molecular weight is 266 g/mol. The van der Waals surface area contributed by atoms with Gasteiger partial charge in [0.15, 0.2) is 0 Å². The maximum absolute atomic E-state index is 12.0. The largest absolute Gasteiger partial charge is 0.393 e. The summed E-state index contributed by atoms with van der Waals surface area (Å²) in [4.78, 5) is 12.5. The van der Waals surface area contributed by atoms with Crippen molar-refractivity contribution in [2.75, 3.05) is 0 Å². The highest BCUT2D eigenvalue weighted by atomic mass is 32.1. The van der Waals surface area contributed by atoms with Gasteiger partial charge in [0.05, 0.1) is 15.1 Å². The minimum Gasteiger partial charge on any atom is -0.393 e. The number of aryl methyl sites for hydroxylation is 1. The maximum atomic E-state index is 12.0. The molecule has 0 saturated heterocycles. The molecule has 1 aromatic carbocycles. The molecule has 1 heterocycles. The van der Waals surface area contributed by atoms with Crippen molar-refractivity contribution < 1.29 is 0 Å². The van der Waals surface area contributed by atoms with Gasteiger partial charge in [-0.2, -0.15) is 0 Å². The van der Waals surface area contributed by atoms with Gasteiger partial charge < -0.3 is 5.73 Å². The molecule has 0 fully saturated rings. The summed E-state index contributed by atoms with van der Waals surface area (Å²) in [6.45, 7) is 0.751. The molecule has 2 aromatic rings. The second-order valence-electron chi connectivity index (χ2n) is 3.92. The summed E-state index contributed by atoms with van der Waals surface area (Å²) in [6.07, 6.45) is 2.63. The molecule has 2 N–H and O–H groups in total. The van der Waals surface area contributed by atoms with E-state index in [2.05, 4.69) is 0 Å². The van der Waals surface area contributed by atoms with Crippen molar-refractivity contribution in [2.24, 2.45) is 5.73 Å². The Morgan fingerprint density at radius 1 is 1.35 bits per heavy atom. The second kappa shape index (κ2) is 5.42. The van der Waals surface area contributed by atoms with Gasteiger partial charge in [0.2, 0.25) is 0 Å². The van der Waals surface area contributed by atoms with E-state index in [0.717, 1.165) is 35.9 Å². The van der Waals surface area contributed by atoms with Gasteiger partial charge in [-0.05, 0) is 31.4 Å². The van der Waals surface area contributed by atoms with Crippen LogP contribution in [0.15, 0.2) is 29.1 Å². The number of nitrogens with zero attached hydrogens (tertiary/aromatic N) is 1. The van der Waals surface area contributed by atoms with E-state index in [1.165, 1.54) is 11.5 Å². The lowest BCUT2D eigenvalue weighted by molar-refractivity contribution is 0.645. The molecule has 2 rings (SSSR count). The quantitative estimate of drug-likeness (QED) is 0.668. The van der Waals surface area contributed by atoms with Crippen LogP contribution >= 0.6 is 23.8 Å². The molecule has 0 saturated carbocycles. The minimum absolute atomic E-state index is 0.112. The SMILES string of the molecule is NC(=S)CCCCn1sc2ccccc2c1=O. The Balaban J connectivity index is 2.06. The molecule has 1 aromatic heterocycles. The second-order valence-corrected chi connectivity index (χ2v) is 5.51. The fraction of sp³-hybridized carbons (Fsp3) is 0.333. The number of nitrogens with two attached hydrogens (primary N) is 1. The lowest BCUT2D eigenvalue weighted by Gasteiger charge is -1.99. The Bertz CT molecular complexity index is 585. The first-order chi connectivity index (χ1) is 8.18. The third-order valence-electron chi connectivity index (χ3n) is 2.59. The molecule has 0 aliphatic carbocycles. The van der Waals surface area contributed by atoms with E-state index in [-0.39, 0.29) is 5.56 Å². The topological polar surface area (TPSA) is 48.0 Å². The van der Waals surface area contributed by atoms with E-state index < -0.39 is 0 Å². The number of benzene rings is 1. The third kappa shape index (κ3) is 2.92. The predicted octanol–water partition coefficient (Wildman–Crippen LogP) is 2.52. The first kappa shape index (κ1) is 12.3. The predicted molar refractivity (Wildman–Crippen MR) is 76.7 cm³/mol. The Morgan fingerprint density at radius 2 is 2.12 bits per heavy atom. The Hall–Kier alpha value is -1.20. The van der Waals surface area contributed by atoms with Crippen LogP contribution in [0.25, 0.3) is 10.1 Å². The first-order valence-corrected chi connectivity index (χ1v) is 6.74. The van der Waals surface area contributed by atoms with Crippen molar-refractivity contribution in [1.29, 1.82) is 0 Å². The van der Waals surface area contributed by atoms with Crippen molar-refractivity contribution in [3.05, 3.63) is 34.6 Å². The van der Waals surface area contributed by atoms with Gasteiger partial charge in [0, 0.05) is 6.54 Å². The molecule has 0 spiro atoms. The number of hydrogen-bond donors (Lipinski definition) is 1. The van der Waals surface area contributed by atoms with Crippen molar-refractivity contribution in [3.8, 4) is 0 Å². The Morgan fingerprint density at radius 3 is 2.82 bits per heavy atom. The van der Waals surface area contributed by atoms with Gasteiger partial charge in [-0.25, -0.2) is 0 Å². The molecule has 0 atom stereocenters. The highest BCUT2D eigenvalue weighted by Gasteiger charge is 2.05. The molecule has 0 aliphatic heterocycles. The summed E-state index contributed by atoms with van der Waals surface area (Å²) < 4.78 is 2.86. The lowest BCUT2D eigenvalue weighted by atomic mass is 10.2. The van der Waals surface area contributed by atoms with E-state index >= 15 is 0 Å². The molecule has 90 valence electrons. The molecule has 0 bridgehead atoms. The van der Waals surface area contributed by atoms with Gasteiger partial charge in [-0.1, -0.05) is 35.9 Å². The van der Waals surface area contributed by atoms with E-state index in [0.29, 0.717) is 4.99 Å². The molecule has 3 nitrogen and oxygen atoms in total. The van der Waals surface area contributed by atoms with Crippen LogP contribution in [0.1, 0.15) is 19.3 Å². The normalized spacial score (nSPS) is 10.8. The van der Waals surface area contributed by atoms with Crippen molar-refractivity contribution in [2.45, 2.75) is 25.8 Å². The summed E-state index contributed by atoms with van der Waals surface area (Å²) in [5.74, 6) is 0. The molecule has 0 unspecified atom stereocenters. The van der Waals surface area contributed by atoms with Crippen LogP contribution in [0, 0.1) is 0 Å². The number of unbranched alkanes of at least 4 members (excludes halogenated alkanes) is 1. The summed E-state index contributed by atoms with van der Waals surface area (Å²) >= 11 is 6.34. The van der Waals surface area contributed by atoms with Crippen molar-refractivity contribution in [3.63, 3.8) is 0 Å².